The molecule has 0 saturated carbocycles. The molecule has 0 bridgehead atoms. The molecule has 0 aliphatic carbocycles. The van der Waals surface area contributed by atoms with Crippen LogP contribution in [0.5, 0.6) is 0 Å². The highest BCUT2D eigenvalue weighted by atomic mass is 15.3. The van der Waals surface area contributed by atoms with Gasteiger partial charge in [0, 0.05) is 12.1 Å². The highest BCUT2D eigenvalue weighted by Gasteiger charge is 2.15. The second kappa shape index (κ2) is 4.55. The highest BCUT2D eigenvalue weighted by molar-refractivity contribution is 4.77. The number of nitrogens with zero attached hydrogens (tertiary/aromatic N) is 3. The molecule has 0 aromatic carbocycles. The van der Waals surface area contributed by atoms with Crippen LogP contribution in [-0.2, 0) is 0 Å². The summed E-state index contributed by atoms with van der Waals surface area (Å²) < 4.78 is 1.87. The molecule has 0 fully saturated rings. The van der Waals surface area contributed by atoms with Crippen molar-refractivity contribution in [1.29, 1.82) is 0 Å². The highest BCUT2D eigenvalue weighted by Crippen LogP contribution is 2.09. The first-order valence-corrected chi connectivity index (χ1v) is 5.14. The Bertz CT molecular complexity index is 253. The topological polar surface area (TPSA) is 42.7 Å². The third kappa shape index (κ3) is 3.10. The summed E-state index contributed by atoms with van der Waals surface area (Å²) in [7, 11) is 0. The summed E-state index contributed by atoms with van der Waals surface area (Å²) in [6, 6.07) is 0.350. The molecule has 4 heteroatoms. The second-order valence-electron chi connectivity index (χ2n) is 4.34. The summed E-state index contributed by atoms with van der Waals surface area (Å²) in [6.45, 7) is 9.66. The zero-order valence-corrected chi connectivity index (χ0v) is 9.49. The number of hydrogen-bond acceptors (Lipinski definition) is 3. The van der Waals surface area contributed by atoms with Gasteiger partial charge in [-0.15, -0.1) is 0 Å². The van der Waals surface area contributed by atoms with E-state index in [2.05, 4.69) is 43.1 Å². The molecule has 0 radical (unpaired) electrons. The first kappa shape index (κ1) is 11.2. The van der Waals surface area contributed by atoms with Crippen LogP contribution in [0.15, 0.2) is 12.7 Å². The standard InChI is InChI=1S/C10H20N4/c1-5-10(3,4)12-6-9(2)14-8-11-7-13-14/h7-9,12H,5-6H2,1-4H3. The number of hydrogen-bond donors (Lipinski definition) is 1. The largest absolute Gasteiger partial charge is 0.310 e. The van der Waals surface area contributed by atoms with Crippen molar-refractivity contribution in [3.8, 4) is 0 Å². The maximum atomic E-state index is 4.11. The molecule has 1 aromatic rings. The SMILES string of the molecule is CCC(C)(C)NCC(C)n1cncn1. The van der Waals surface area contributed by atoms with Gasteiger partial charge in [0.05, 0.1) is 6.04 Å². The molecule has 0 aliphatic rings. The van der Waals surface area contributed by atoms with E-state index < -0.39 is 0 Å². The van der Waals surface area contributed by atoms with E-state index >= 15 is 0 Å². The molecule has 1 rings (SSSR count). The van der Waals surface area contributed by atoms with Gasteiger partial charge in [-0.3, -0.25) is 0 Å². The van der Waals surface area contributed by atoms with Gasteiger partial charge in [0.25, 0.3) is 0 Å². The Kier molecular flexibility index (Phi) is 3.63. The van der Waals surface area contributed by atoms with Crippen molar-refractivity contribution in [2.24, 2.45) is 0 Å². The van der Waals surface area contributed by atoms with E-state index in [9.17, 15) is 0 Å². The summed E-state index contributed by atoms with van der Waals surface area (Å²) in [6.07, 6.45) is 4.45. The summed E-state index contributed by atoms with van der Waals surface area (Å²) in [5.74, 6) is 0. The van der Waals surface area contributed by atoms with Crippen LogP contribution in [0.1, 0.15) is 40.2 Å². The predicted molar refractivity (Wildman–Crippen MR) is 57.1 cm³/mol. The normalized spacial score (nSPS) is 14.3. The van der Waals surface area contributed by atoms with Crippen molar-refractivity contribution in [2.75, 3.05) is 6.54 Å². The fraction of sp³-hybridized carbons (Fsp3) is 0.800. The molecule has 4 nitrogen and oxygen atoms in total. The molecule has 0 aliphatic heterocycles. The van der Waals surface area contributed by atoms with Crippen LogP contribution < -0.4 is 5.32 Å². The Labute approximate surface area is 85.7 Å². The number of rotatable bonds is 5. The molecule has 0 saturated heterocycles. The number of aromatic nitrogens is 3. The Morgan fingerprint density at radius 1 is 1.50 bits per heavy atom. The van der Waals surface area contributed by atoms with E-state index in [1.807, 2.05) is 4.68 Å². The molecule has 1 unspecified atom stereocenters. The van der Waals surface area contributed by atoms with Gasteiger partial charge in [0.15, 0.2) is 0 Å². The minimum Gasteiger partial charge on any atom is -0.310 e. The van der Waals surface area contributed by atoms with Gasteiger partial charge < -0.3 is 5.32 Å². The first-order chi connectivity index (χ1) is 6.55. The fourth-order valence-electron chi connectivity index (χ4n) is 1.09. The molecule has 0 amide bonds. The number of nitrogens with one attached hydrogen (secondary N) is 1. The van der Waals surface area contributed by atoms with Crippen LogP contribution in [0.3, 0.4) is 0 Å². The van der Waals surface area contributed by atoms with E-state index in [-0.39, 0.29) is 5.54 Å². The van der Waals surface area contributed by atoms with Gasteiger partial charge >= 0.3 is 0 Å². The quantitative estimate of drug-likeness (QED) is 0.778. The maximum Gasteiger partial charge on any atom is 0.137 e. The monoisotopic (exact) mass is 196 g/mol. The Balaban J connectivity index is 2.39. The summed E-state index contributed by atoms with van der Waals surface area (Å²) in [5, 5.41) is 7.62. The summed E-state index contributed by atoms with van der Waals surface area (Å²) in [4.78, 5) is 3.93. The van der Waals surface area contributed by atoms with Crippen molar-refractivity contribution in [2.45, 2.75) is 45.7 Å². The lowest BCUT2D eigenvalue weighted by Crippen LogP contribution is -2.41. The molecule has 0 spiro atoms. The van der Waals surface area contributed by atoms with E-state index in [0.717, 1.165) is 13.0 Å². The van der Waals surface area contributed by atoms with Crippen molar-refractivity contribution in [1.82, 2.24) is 20.1 Å². The van der Waals surface area contributed by atoms with Crippen LogP contribution in [0.4, 0.5) is 0 Å². The first-order valence-electron chi connectivity index (χ1n) is 5.14. The molecule has 80 valence electrons. The Morgan fingerprint density at radius 3 is 2.71 bits per heavy atom. The Morgan fingerprint density at radius 2 is 2.21 bits per heavy atom. The second-order valence-corrected chi connectivity index (χ2v) is 4.34. The van der Waals surface area contributed by atoms with Gasteiger partial charge in [0.2, 0.25) is 0 Å². The lowest BCUT2D eigenvalue weighted by Gasteiger charge is -2.26. The molecular formula is C10H20N4. The summed E-state index contributed by atoms with van der Waals surface area (Å²) in [5.41, 5.74) is 0.203. The molecule has 14 heavy (non-hydrogen) atoms. The molecule has 1 heterocycles. The van der Waals surface area contributed by atoms with Crippen LogP contribution in [0.2, 0.25) is 0 Å². The van der Waals surface area contributed by atoms with Crippen molar-refractivity contribution in [3.05, 3.63) is 12.7 Å². The third-order valence-corrected chi connectivity index (χ3v) is 2.65. The van der Waals surface area contributed by atoms with Crippen LogP contribution in [-0.4, -0.2) is 26.8 Å². The van der Waals surface area contributed by atoms with Crippen LogP contribution >= 0.6 is 0 Å². The van der Waals surface area contributed by atoms with Gasteiger partial charge in [0.1, 0.15) is 12.7 Å². The lowest BCUT2D eigenvalue weighted by molar-refractivity contribution is 0.335. The fourth-order valence-corrected chi connectivity index (χ4v) is 1.09. The van der Waals surface area contributed by atoms with Crippen molar-refractivity contribution in [3.63, 3.8) is 0 Å². The zero-order chi connectivity index (χ0) is 10.6. The minimum absolute atomic E-state index is 0.203. The zero-order valence-electron chi connectivity index (χ0n) is 9.49. The van der Waals surface area contributed by atoms with Crippen LogP contribution in [0.25, 0.3) is 0 Å². The van der Waals surface area contributed by atoms with E-state index in [1.165, 1.54) is 0 Å². The van der Waals surface area contributed by atoms with Gasteiger partial charge in [-0.05, 0) is 27.2 Å². The smallest absolute Gasteiger partial charge is 0.137 e. The minimum atomic E-state index is 0.203. The van der Waals surface area contributed by atoms with E-state index in [1.54, 1.807) is 12.7 Å². The lowest BCUT2D eigenvalue weighted by atomic mass is 10.0. The van der Waals surface area contributed by atoms with Crippen LogP contribution in [0, 0.1) is 0 Å². The molecular weight excluding hydrogens is 176 g/mol. The van der Waals surface area contributed by atoms with Gasteiger partial charge in [-0.2, -0.15) is 5.10 Å². The van der Waals surface area contributed by atoms with E-state index in [0.29, 0.717) is 6.04 Å². The summed E-state index contributed by atoms with van der Waals surface area (Å²) >= 11 is 0. The molecule has 1 aromatic heterocycles. The molecule has 1 N–H and O–H groups in total. The average molecular weight is 196 g/mol. The average Bonchev–Trinajstić information content (AvgIpc) is 2.67. The third-order valence-electron chi connectivity index (χ3n) is 2.65. The van der Waals surface area contributed by atoms with Crippen molar-refractivity contribution < 1.29 is 0 Å². The van der Waals surface area contributed by atoms with Gasteiger partial charge in [-0.1, -0.05) is 6.92 Å². The van der Waals surface area contributed by atoms with Crippen molar-refractivity contribution >= 4 is 0 Å². The predicted octanol–water partition coefficient (Wildman–Crippen LogP) is 1.62. The Hall–Kier alpha value is -0.900. The molecule has 1 atom stereocenters. The van der Waals surface area contributed by atoms with Gasteiger partial charge in [-0.25, -0.2) is 9.67 Å². The van der Waals surface area contributed by atoms with E-state index in [4.69, 9.17) is 0 Å². The maximum absolute atomic E-state index is 4.11.